The van der Waals surface area contributed by atoms with Crippen LogP contribution in [0.3, 0.4) is 0 Å². The van der Waals surface area contributed by atoms with E-state index in [1.165, 1.54) is 0 Å². The second-order valence-electron chi connectivity index (χ2n) is 7.42. The fourth-order valence-corrected chi connectivity index (χ4v) is 4.63. The second kappa shape index (κ2) is 7.98. The Morgan fingerprint density at radius 2 is 2.07 bits per heavy atom. The molecule has 0 atom stereocenters. The zero-order valence-corrected chi connectivity index (χ0v) is 17.6. The standard InChI is InChI=1S/C20H22BrN5O3/c1-29-14-7-13(8-23-9-14)15-10-24-26-19(22)17(21)18(25-20(15)26)12-4-2-11(3-5-12)6-16(27)28/h7-12H,2-6,22H2,1H3,(H,27,28). The van der Waals surface area contributed by atoms with Gasteiger partial charge < -0.3 is 15.6 Å². The summed E-state index contributed by atoms with van der Waals surface area (Å²) >= 11 is 3.61. The van der Waals surface area contributed by atoms with Crippen molar-refractivity contribution < 1.29 is 14.6 Å². The lowest BCUT2D eigenvalue weighted by molar-refractivity contribution is -0.138. The van der Waals surface area contributed by atoms with Gasteiger partial charge in [0, 0.05) is 29.7 Å². The predicted molar refractivity (Wildman–Crippen MR) is 112 cm³/mol. The molecule has 0 aliphatic heterocycles. The smallest absolute Gasteiger partial charge is 0.303 e. The minimum Gasteiger partial charge on any atom is -0.495 e. The first-order chi connectivity index (χ1) is 14.0. The molecule has 152 valence electrons. The molecule has 0 spiro atoms. The number of halogens is 1. The van der Waals surface area contributed by atoms with Crippen LogP contribution < -0.4 is 10.5 Å². The van der Waals surface area contributed by atoms with E-state index in [-0.39, 0.29) is 18.3 Å². The van der Waals surface area contributed by atoms with Gasteiger partial charge in [0.2, 0.25) is 0 Å². The topological polar surface area (TPSA) is 116 Å². The lowest BCUT2D eigenvalue weighted by Gasteiger charge is -2.28. The van der Waals surface area contributed by atoms with Gasteiger partial charge in [-0.3, -0.25) is 9.78 Å². The van der Waals surface area contributed by atoms with Crippen LogP contribution in [0.5, 0.6) is 5.75 Å². The zero-order valence-electron chi connectivity index (χ0n) is 16.0. The SMILES string of the molecule is COc1cncc(-c2cnn3c(N)c(Br)c(C4CCC(CC(=O)O)CC4)nc23)c1. The third-order valence-electron chi connectivity index (χ3n) is 5.60. The van der Waals surface area contributed by atoms with Crippen LogP contribution in [0.15, 0.2) is 29.1 Å². The van der Waals surface area contributed by atoms with Crippen LogP contribution in [-0.4, -0.2) is 37.8 Å². The third kappa shape index (κ3) is 3.78. The molecule has 4 rings (SSSR count). The first-order valence-corrected chi connectivity index (χ1v) is 10.3. The van der Waals surface area contributed by atoms with Gasteiger partial charge in [0.05, 0.1) is 29.7 Å². The molecule has 3 aromatic rings. The van der Waals surface area contributed by atoms with Gasteiger partial charge >= 0.3 is 5.97 Å². The second-order valence-corrected chi connectivity index (χ2v) is 8.21. The first-order valence-electron chi connectivity index (χ1n) is 9.51. The molecular weight excluding hydrogens is 438 g/mol. The van der Waals surface area contributed by atoms with Gasteiger partial charge in [-0.15, -0.1) is 0 Å². The predicted octanol–water partition coefficient (Wildman–Crippen LogP) is 3.89. The fraction of sp³-hybridized carbons (Fsp3) is 0.400. The van der Waals surface area contributed by atoms with Crippen LogP contribution in [-0.2, 0) is 4.79 Å². The number of aromatic nitrogens is 4. The van der Waals surface area contributed by atoms with E-state index in [0.29, 0.717) is 17.2 Å². The summed E-state index contributed by atoms with van der Waals surface area (Å²) in [6, 6.07) is 1.89. The van der Waals surface area contributed by atoms with Crippen molar-refractivity contribution in [3.63, 3.8) is 0 Å². The molecule has 1 fully saturated rings. The minimum atomic E-state index is -0.728. The summed E-state index contributed by atoms with van der Waals surface area (Å²) in [4.78, 5) is 20.1. The number of hydrogen-bond donors (Lipinski definition) is 2. The van der Waals surface area contributed by atoms with Crippen molar-refractivity contribution in [2.45, 2.75) is 38.0 Å². The van der Waals surface area contributed by atoms with Crippen molar-refractivity contribution in [2.75, 3.05) is 12.8 Å². The summed E-state index contributed by atoms with van der Waals surface area (Å²) in [5.41, 5.74) is 9.62. The Balaban J connectivity index is 1.71. The molecule has 0 bridgehead atoms. The van der Waals surface area contributed by atoms with Crippen LogP contribution in [0.4, 0.5) is 5.82 Å². The average molecular weight is 460 g/mol. The maximum absolute atomic E-state index is 11.0. The molecule has 3 aromatic heterocycles. The van der Waals surface area contributed by atoms with E-state index in [1.807, 2.05) is 6.07 Å². The van der Waals surface area contributed by atoms with Crippen LogP contribution in [0.25, 0.3) is 16.8 Å². The first kappa shape index (κ1) is 19.6. The Morgan fingerprint density at radius 1 is 1.31 bits per heavy atom. The highest BCUT2D eigenvalue weighted by atomic mass is 79.9. The maximum atomic E-state index is 11.0. The molecule has 8 nitrogen and oxygen atoms in total. The molecule has 1 saturated carbocycles. The van der Waals surface area contributed by atoms with Gasteiger partial charge in [-0.1, -0.05) is 0 Å². The van der Waals surface area contributed by atoms with E-state index in [2.05, 4.69) is 26.0 Å². The molecule has 0 saturated heterocycles. The number of fused-ring (bicyclic) bond motifs is 1. The van der Waals surface area contributed by atoms with Gasteiger partial charge in [-0.2, -0.15) is 9.61 Å². The Morgan fingerprint density at radius 3 is 2.76 bits per heavy atom. The van der Waals surface area contributed by atoms with E-state index in [4.69, 9.17) is 20.6 Å². The number of aliphatic carboxylic acids is 1. The van der Waals surface area contributed by atoms with Crippen molar-refractivity contribution in [3.05, 3.63) is 34.8 Å². The highest BCUT2D eigenvalue weighted by Gasteiger charge is 2.28. The van der Waals surface area contributed by atoms with Crippen molar-refractivity contribution in [1.82, 2.24) is 19.6 Å². The molecule has 0 amide bonds. The van der Waals surface area contributed by atoms with E-state index in [9.17, 15) is 4.79 Å². The zero-order chi connectivity index (χ0) is 20.5. The molecule has 9 heteroatoms. The average Bonchev–Trinajstić information content (AvgIpc) is 3.15. The number of carbonyl (C=O) groups is 1. The van der Waals surface area contributed by atoms with E-state index in [0.717, 1.165) is 47.0 Å². The number of nitrogens with two attached hydrogens (primary N) is 1. The number of rotatable bonds is 5. The number of carboxylic acids is 1. The maximum Gasteiger partial charge on any atom is 0.303 e. The summed E-state index contributed by atoms with van der Waals surface area (Å²) in [7, 11) is 1.60. The Bertz CT molecular complexity index is 1060. The van der Waals surface area contributed by atoms with Crippen LogP contribution in [0.2, 0.25) is 0 Å². The summed E-state index contributed by atoms with van der Waals surface area (Å²) in [6.07, 6.45) is 8.90. The van der Waals surface area contributed by atoms with Gasteiger partial charge in [0.1, 0.15) is 11.6 Å². The monoisotopic (exact) mass is 459 g/mol. The van der Waals surface area contributed by atoms with Gasteiger partial charge in [0.25, 0.3) is 0 Å². The molecule has 0 unspecified atom stereocenters. The summed E-state index contributed by atoms with van der Waals surface area (Å²) in [5.74, 6) is 0.891. The molecule has 29 heavy (non-hydrogen) atoms. The number of methoxy groups -OCH3 is 1. The fourth-order valence-electron chi connectivity index (χ4n) is 4.05. The molecule has 1 aliphatic rings. The van der Waals surface area contributed by atoms with E-state index < -0.39 is 5.97 Å². The van der Waals surface area contributed by atoms with Crippen molar-refractivity contribution >= 4 is 33.4 Å². The molecule has 0 radical (unpaired) electrons. The van der Waals surface area contributed by atoms with Crippen LogP contribution in [0.1, 0.15) is 43.7 Å². The number of nitrogens with zero attached hydrogens (tertiary/aromatic N) is 4. The normalized spacial score (nSPS) is 19.4. The van der Waals surface area contributed by atoms with Crippen molar-refractivity contribution in [1.29, 1.82) is 0 Å². The summed E-state index contributed by atoms with van der Waals surface area (Å²) in [5, 5.41) is 13.4. The van der Waals surface area contributed by atoms with Crippen molar-refractivity contribution in [3.8, 4) is 16.9 Å². The number of nitrogen functional groups attached to an aromatic ring is 1. The van der Waals surface area contributed by atoms with Crippen LogP contribution >= 0.6 is 15.9 Å². The summed E-state index contributed by atoms with van der Waals surface area (Å²) in [6.45, 7) is 0. The number of pyridine rings is 1. The number of carboxylic acid groups (broad SMARTS) is 1. The summed E-state index contributed by atoms with van der Waals surface area (Å²) < 4.78 is 7.66. The number of anilines is 1. The lowest BCUT2D eigenvalue weighted by atomic mass is 9.79. The van der Waals surface area contributed by atoms with Gasteiger partial charge in [-0.05, 0) is 53.6 Å². The van der Waals surface area contributed by atoms with E-state index >= 15 is 0 Å². The minimum absolute atomic E-state index is 0.230. The Kier molecular flexibility index (Phi) is 5.40. The number of ether oxygens (including phenoxy) is 1. The Hall–Kier alpha value is -2.68. The molecular formula is C20H22BrN5O3. The molecule has 3 heterocycles. The molecule has 3 N–H and O–H groups in total. The largest absolute Gasteiger partial charge is 0.495 e. The lowest BCUT2D eigenvalue weighted by Crippen LogP contribution is -2.18. The molecule has 1 aliphatic carbocycles. The quantitative estimate of drug-likeness (QED) is 0.594. The highest BCUT2D eigenvalue weighted by molar-refractivity contribution is 9.10. The van der Waals surface area contributed by atoms with Gasteiger partial charge in [-0.25, -0.2) is 4.98 Å². The third-order valence-corrected chi connectivity index (χ3v) is 6.42. The molecule has 0 aromatic carbocycles. The Labute approximate surface area is 176 Å². The van der Waals surface area contributed by atoms with Crippen LogP contribution in [0, 0.1) is 5.92 Å². The van der Waals surface area contributed by atoms with Gasteiger partial charge in [0.15, 0.2) is 5.65 Å². The highest BCUT2D eigenvalue weighted by Crippen LogP contribution is 2.41. The van der Waals surface area contributed by atoms with E-state index in [1.54, 1.807) is 30.2 Å². The number of hydrogen-bond acceptors (Lipinski definition) is 6. The van der Waals surface area contributed by atoms with Crippen molar-refractivity contribution in [2.24, 2.45) is 5.92 Å².